The molecule has 0 spiro atoms. The van der Waals surface area contributed by atoms with Crippen molar-refractivity contribution in [2.24, 2.45) is 0 Å². The molecule has 470 valence electrons. The molecule has 0 N–H and O–H groups in total. The molecular weight excluding hydrogens is 1200 g/mol. The highest BCUT2D eigenvalue weighted by molar-refractivity contribution is 7.00. The predicted molar refractivity (Wildman–Crippen MR) is 418 cm³/mol. The van der Waals surface area contributed by atoms with Crippen molar-refractivity contribution in [2.45, 2.75) is 52.4 Å². The number of fused-ring (bicyclic) bond motifs is 10. The van der Waals surface area contributed by atoms with E-state index in [0.717, 1.165) is 123 Å². The summed E-state index contributed by atoms with van der Waals surface area (Å²) in [6, 6.07) is 120. The van der Waals surface area contributed by atoms with Gasteiger partial charge in [0, 0.05) is 77.9 Å². The van der Waals surface area contributed by atoms with E-state index in [2.05, 4.69) is 370 Å². The highest BCUT2D eigenvalue weighted by atomic mass is 15.2. The van der Waals surface area contributed by atoms with Crippen LogP contribution in [0.5, 0.6) is 0 Å². The number of anilines is 6. The molecule has 0 unspecified atom stereocenters. The summed E-state index contributed by atoms with van der Waals surface area (Å²) in [6.45, 7) is 13.6. The average molecular weight is 1270 g/mol. The van der Waals surface area contributed by atoms with Crippen molar-refractivity contribution in [2.75, 3.05) is 9.80 Å². The Morgan fingerprint density at radius 3 is 1.06 bits per heavy atom. The fraction of sp³-hybridized carbons (Fsp3) is 0.0860. The van der Waals surface area contributed by atoms with Gasteiger partial charge in [-0.1, -0.05) is 272 Å². The molecule has 0 saturated heterocycles. The van der Waals surface area contributed by atoms with Crippen molar-refractivity contribution in [1.29, 1.82) is 5.26 Å². The van der Waals surface area contributed by atoms with Gasteiger partial charge in [-0.05, 0) is 157 Å². The van der Waals surface area contributed by atoms with Crippen LogP contribution in [-0.4, -0.2) is 15.8 Å². The van der Waals surface area contributed by atoms with Crippen molar-refractivity contribution in [3.8, 4) is 73.1 Å². The molecule has 0 radical (unpaired) electrons. The van der Waals surface area contributed by atoms with Crippen molar-refractivity contribution < 1.29 is 0 Å². The second-order valence-corrected chi connectivity index (χ2v) is 28.7. The monoisotopic (exact) mass is 1270 g/mol. The first-order valence-electron chi connectivity index (χ1n) is 34.5. The highest BCUT2D eigenvalue weighted by Gasteiger charge is 2.46. The molecule has 2 aliphatic rings. The van der Waals surface area contributed by atoms with Crippen LogP contribution < -0.4 is 26.2 Å². The molecule has 0 bridgehead atoms. The van der Waals surface area contributed by atoms with Gasteiger partial charge in [-0.15, -0.1) is 0 Å². The Kier molecular flexibility index (Phi) is 13.8. The molecule has 99 heavy (non-hydrogen) atoms. The predicted octanol–water partition coefficient (Wildman–Crippen LogP) is 22.8. The highest BCUT2D eigenvalue weighted by Crippen LogP contribution is 2.54. The lowest BCUT2D eigenvalue weighted by Crippen LogP contribution is -2.61. The van der Waals surface area contributed by atoms with Crippen LogP contribution in [0.15, 0.2) is 315 Å². The number of hydrogen-bond acceptors (Lipinski definition) is 3. The zero-order chi connectivity index (χ0) is 66.8. The summed E-state index contributed by atoms with van der Waals surface area (Å²) in [4.78, 5) is 5.31. The Morgan fingerprint density at radius 1 is 0.293 bits per heavy atom. The van der Waals surface area contributed by atoms with Gasteiger partial charge in [0.2, 0.25) is 0 Å². The number of para-hydroxylation sites is 3. The zero-order valence-electron chi connectivity index (χ0n) is 56.3. The topological polar surface area (TPSA) is 40.1 Å². The first-order valence-corrected chi connectivity index (χ1v) is 34.5. The average Bonchev–Trinajstić information content (AvgIpc) is 1.38. The van der Waals surface area contributed by atoms with Gasteiger partial charge in [0.1, 0.15) is 0 Å². The molecule has 2 aliphatic heterocycles. The van der Waals surface area contributed by atoms with Crippen molar-refractivity contribution in [3.05, 3.63) is 332 Å². The molecule has 0 saturated carbocycles. The van der Waals surface area contributed by atoms with Crippen molar-refractivity contribution in [3.63, 3.8) is 0 Å². The summed E-state index contributed by atoms with van der Waals surface area (Å²) in [5.41, 5.74) is 31.0. The van der Waals surface area contributed by atoms with Crippen LogP contribution in [0.4, 0.5) is 34.1 Å². The lowest BCUT2D eigenvalue weighted by molar-refractivity contribution is 0.590. The molecule has 2 aromatic heterocycles. The number of hydrogen-bond donors (Lipinski definition) is 0. The number of nitriles is 1. The van der Waals surface area contributed by atoms with Crippen molar-refractivity contribution >= 4 is 101 Å². The Hall–Kier alpha value is -12.2. The van der Waals surface area contributed by atoms with Gasteiger partial charge in [0.05, 0.1) is 45.1 Å². The van der Waals surface area contributed by atoms with Crippen LogP contribution in [0.3, 0.4) is 0 Å². The molecule has 4 heterocycles. The van der Waals surface area contributed by atoms with Crippen LogP contribution in [0, 0.1) is 11.3 Å². The summed E-state index contributed by atoms with van der Waals surface area (Å²) in [5.74, 6) is 0. The fourth-order valence-corrected chi connectivity index (χ4v) is 16.1. The van der Waals surface area contributed by atoms with E-state index in [1.54, 1.807) is 0 Å². The Bertz CT molecular complexity index is 5760. The van der Waals surface area contributed by atoms with Crippen LogP contribution in [0.1, 0.15) is 58.2 Å². The molecule has 0 amide bonds. The molecular formula is C93H70BN5. The van der Waals surface area contributed by atoms with E-state index in [1.165, 1.54) is 49.3 Å². The van der Waals surface area contributed by atoms with E-state index in [9.17, 15) is 5.26 Å². The van der Waals surface area contributed by atoms with E-state index >= 15 is 0 Å². The lowest BCUT2D eigenvalue weighted by atomic mass is 9.33. The van der Waals surface area contributed by atoms with E-state index < -0.39 is 0 Å². The minimum absolute atomic E-state index is 0.0606. The maximum atomic E-state index is 10.3. The molecule has 0 aliphatic carbocycles. The SMILES string of the molecule is CC(C)(C)c1ccc2c(c1)c1cc(C(C)(C)C)ccc1n2-c1ccc2c(c1)N(c1c(-c3ccccc3)cccc1-c1ccccc1)c1cc(-c3ccccc3)cc3c1B2c1ccc(-n2c4ccccc4c4cc(C#N)ccc42)cc1N3c1c(-c2ccccc2)cccc1-c1ccccc1. The Morgan fingerprint density at radius 2 is 0.657 bits per heavy atom. The quantitative estimate of drug-likeness (QED) is 0.135. The normalized spacial score (nSPS) is 12.7. The Balaban J connectivity index is 1.01. The number of rotatable bonds is 9. The molecule has 0 atom stereocenters. The molecule has 5 nitrogen and oxygen atoms in total. The van der Waals surface area contributed by atoms with Gasteiger partial charge < -0.3 is 18.9 Å². The number of benzene rings is 14. The molecule has 18 rings (SSSR count). The zero-order valence-corrected chi connectivity index (χ0v) is 56.3. The van der Waals surface area contributed by atoms with Gasteiger partial charge in [-0.3, -0.25) is 0 Å². The van der Waals surface area contributed by atoms with E-state index in [1.807, 2.05) is 12.1 Å². The summed E-state index contributed by atoms with van der Waals surface area (Å²) >= 11 is 0. The third kappa shape index (κ3) is 9.67. The van der Waals surface area contributed by atoms with Gasteiger partial charge in [0.25, 0.3) is 6.71 Å². The van der Waals surface area contributed by atoms with E-state index in [0.29, 0.717) is 5.56 Å². The van der Waals surface area contributed by atoms with Crippen LogP contribution in [0.2, 0.25) is 0 Å². The summed E-state index contributed by atoms with van der Waals surface area (Å²) in [7, 11) is 0. The van der Waals surface area contributed by atoms with Gasteiger partial charge in [0.15, 0.2) is 0 Å². The smallest absolute Gasteiger partial charge is 0.252 e. The molecule has 14 aromatic carbocycles. The standard InChI is InChI=1S/C93H70BN5/c1-92(2,3)67-43-50-83-77(55-67)78-56-68(93(4,5)6)44-51-84(78)97(83)70-46-48-80-86(58-70)99(91-73(64-32-18-10-19-33-64)39-25-40-74(91)65-34-20-11-21-35-65)88-54-66(61-26-12-7-13-27-61)53-87-89(88)94(80)79-47-45-69(96-81-41-23-22-36-75(81)76-52-60(59-95)42-49-82(76)96)57-85(79)98(87)90-71(62-28-14-8-15-29-62)37-24-38-72(90)63-30-16-9-17-31-63/h7-58H,1-6H3. The number of nitrogens with zero attached hydrogens (tertiary/aromatic N) is 5. The van der Waals surface area contributed by atoms with Gasteiger partial charge >= 0.3 is 0 Å². The van der Waals surface area contributed by atoms with Crippen LogP contribution in [-0.2, 0) is 10.8 Å². The summed E-state index contributed by atoms with van der Waals surface area (Å²) in [5, 5.41) is 15.0. The lowest BCUT2D eigenvalue weighted by Gasteiger charge is -2.46. The maximum Gasteiger partial charge on any atom is 0.252 e. The van der Waals surface area contributed by atoms with E-state index in [4.69, 9.17) is 0 Å². The van der Waals surface area contributed by atoms with Crippen LogP contribution >= 0.6 is 0 Å². The second kappa shape index (κ2) is 23.0. The third-order valence-corrected chi connectivity index (χ3v) is 20.8. The summed E-state index contributed by atoms with van der Waals surface area (Å²) in [6.07, 6.45) is 0. The first-order chi connectivity index (χ1) is 48.4. The summed E-state index contributed by atoms with van der Waals surface area (Å²) < 4.78 is 4.94. The molecule has 0 fully saturated rings. The van der Waals surface area contributed by atoms with Gasteiger partial charge in [-0.25, -0.2) is 0 Å². The third-order valence-electron chi connectivity index (χ3n) is 20.8. The minimum Gasteiger partial charge on any atom is -0.310 e. The minimum atomic E-state index is -0.272. The first kappa shape index (κ1) is 59.3. The van der Waals surface area contributed by atoms with Gasteiger partial charge in [-0.2, -0.15) is 5.26 Å². The van der Waals surface area contributed by atoms with E-state index in [-0.39, 0.29) is 17.5 Å². The van der Waals surface area contributed by atoms with Crippen molar-refractivity contribution in [1.82, 2.24) is 9.13 Å². The largest absolute Gasteiger partial charge is 0.310 e. The second-order valence-electron chi connectivity index (χ2n) is 28.7. The van der Waals surface area contributed by atoms with Crippen LogP contribution in [0.25, 0.3) is 111 Å². The Labute approximate surface area is 579 Å². The number of aromatic nitrogens is 2. The molecule has 6 heteroatoms. The maximum absolute atomic E-state index is 10.3. The molecule has 16 aromatic rings. The fourth-order valence-electron chi connectivity index (χ4n) is 16.1.